The van der Waals surface area contributed by atoms with Crippen LogP contribution in [-0.4, -0.2) is 18.1 Å². The summed E-state index contributed by atoms with van der Waals surface area (Å²) in [5.74, 6) is 0.915. The molecule has 0 aliphatic carbocycles. The molecule has 0 fully saturated rings. The molecule has 23 heavy (non-hydrogen) atoms. The van der Waals surface area contributed by atoms with Crippen LogP contribution in [0.5, 0.6) is 5.75 Å². The summed E-state index contributed by atoms with van der Waals surface area (Å²) in [5.41, 5.74) is 5.82. The highest BCUT2D eigenvalue weighted by Crippen LogP contribution is 2.34. The van der Waals surface area contributed by atoms with Crippen LogP contribution >= 0.6 is 11.8 Å². The molecule has 0 saturated carbocycles. The molecule has 0 amide bonds. The van der Waals surface area contributed by atoms with Crippen LogP contribution in [-0.2, 0) is 0 Å². The van der Waals surface area contributed by atoms with Crippen molar-refractivity contribution >= 4 is 17.5 Å². The van der Waals surface area contributed by atoms with E-state index in [2.05, 4.69) is 33.8 Å². The van der Waals surface area contributed by atoms with Gasteiger partial charge in [0.2, 0.25) is 0 Å². The smallest absolute Gasteiger partial charge is 0.175 e. The summed E-state index contributed by atoms with van der Waals surface area (Å²) < 4.78 is 5.15. The summed E-state index contributed by atoms with van der Waals surface area (Å²) in [6, 6.07) is 9.54. The van der Waals surface area contributed by atoms with Crippen molar-refractivity contribution in [1.82, 2.24) is 0 Å². The van der Waals surface area contributed by atoms with E-state index in [1.54, 1.807) is 18.9 Å². The third-order valence-corrected chi connectivity index (χ3v) is 5.75. The fraction of sp³-hybridized carbons (Fsp3) is 0.350. The Morgan fingerprint density at radius 2 is 1.52 bits per heavy atom. The molecule has 0 aliphatic heterocycles. The number of methoxy groups -OCH3 is 1. The standard InChI is InChI=1S/C20H24O2S/c1-12-11-13(2)15(4)20(14(12)3)23-16(5)19(21)17-7-9-18(22-6)10-8-17/h7-11,16H,1-6H3/t16-/m1/s1. The second-order valence-electron chi connectivity index (χ2n) is 5.94. The first-order valence-electron chi connectivity index (χ1n) is 7.77. The van der Waals surface area contributed by atoms with E-state index >= 15 is 0 Å². The molecule has 0 radical (unpaired) electrons. The first-order chi connectivity index (χ1) is 10.8. The highest BCUT2D eigenvalue weighted by atomic mass is 32.2. The number of benzene rings is 2. The normalized spacial score (nSPS) is 12.1. The van der Waals surface area contributed by atoms with Crippen molar-refractivity contribution in [3.63, 3.8) is 0 Å². The Morgan fingerprint density at radius 1 is 1.00 bits per heavy atom. The molecule has 0 aromatic heterocycles. The third-order valence-electron chi connectivity index (χ3n) is 4.34. The Balaban J connectivity index is 2.24. The molecular formula is C20H24O2S. The third kappa shape index (κ3) is 3.78. The highest BCUT2D eigenvalue weighted by molar-refractivity contribution is 8.00. The minimum Gasteiger partial charge on any atom is -0.497 e. The van der Waals surface area contributed by atoms with Crippen LogP contribution in [0.25, 0.3) is 0 Å². The van der Waals surface area contributed by atoms with E-state index in [0.717, 1.165) is 11.3 Å². The van der Waals surface area contributed by atoms with Crippen LogP contribution < -0.4 is 4.74 Å². The molecule has 2 rings (SSSR count). The van der Waals surface area contributed by atoms with Crippen molar-refractivity contribution in [2.24, 2.45) is 0 Å². The van der Waals surface area contributed by atoms with E-state index in [1.165, 1.54) is 27.1 Å². The van der Waals surface area contributed by atoms with E-state index in [4.69, 9.17) is 4.74 Å². The molecule has 0 bridgehead atoms. The second-order valence-corrected chi connectivity index (χ2v) is 7.29. The molecule has 122 valence electrons. The molecule has 0 spiro atoms. The molecule has 0 saturated heterocycles. The Labute approximate surface area is 143 Å². The first kappa shape index (κ1) is 17.6. The van der Waals surface area contributed by atoms with Gasteiger partial charge in [-0.15, -0.1) is 11.8 Å². The number of Topliss-reactive ketones (excluding diaryl/α,β-unsaturated/α-hetero) is 1. The maximum Gasteiger partial charge on any atom is 0.175 e. The Hall–Kier alpha value is -1.74. The van der Waals surface area contributed by atoms with Crippen molar-refractivity contribution in [1.29, 1.82) is 0 Å². The predicted octanol–water partition coefficient (Wildman–Crippen LogP) is 5.29. The van der Waals surface area contributed by atoms with Gasteiger partial charge in [-0.1, -0.05) is 6.07 Å². The van der Waals surface area contributed by atoms with Crippen molar-refractivity contribution in [3.05, 3.63) is 58.1 Å². The average molecular weight is 328 g/mol. The fourth-order valence-electron chi connectivity index (χ4n) is 2.58. The zero-order valence-corrected chi connectivity index (χ0v) is 15.5. The van der Waals surface area contributed by atoms with E-state index in [9.17, 15) is 4.79 Å². The molecule has 3 heteroatoms. The van der Waals surface area contributed by atoms with Crippen molar-refractivity contribution in [2.75, 3.05) is 7.11 Å². The number of rotatable bonds is 5. The molecule has 1 atom stereocenters. The summed E-state index contributed by atoms with van der Waals surface area (Å²) in [7, 11) is 1.63. The zero-order valence-electron chi connectivity index (χ0n) is 14.7. The lowest BCUT2D eigenvalue weighted by Crippen LogP contribution is -2.14. The van der Waals surface area contributed by atoms with E-state index in [0.29, 0.717) is 0 Å². The molecule has 0 heterocycles. The molecule has 2 nitrogen and oxygen atoms in total. The lowest BCUT2D eigenvalue weighted by atomic mass is 10.0. The summed E-state index contributed by atoms with van der Waals surface area (Å²) in [5, 5.41) is -0.123. The molecule has 2 aromatic carbocycles. The van der Waals surface area contributed by atoms with Crippen LogP contribution in [0.3, 0.4) is 0 Å². The number of aryl methyl sites for hydroxylation is 2. The maximum atomic E-state index is 12.7. The van der Waals surface area contributed by atoms with Crippen LogP contribution in [0.15, 0.2) is 35.2 Å². The number of ether oxygens (including phenoxy) is 1. The first-order valence-corrected chi connectivity index (χ1v) is 8.65. The van der Waals surface area contributed by atoms with Gasteiger partial charge in [0.1, 0.15) is 5.75 Å². The molecule has 0 N–H and O–H groups in total. The second kappa shape index (κ2) is 7.22. The van der Waals surface area contributed by atoms with Gasteiger partial charge in [0.25, 0.3) is 0 Å². The average Bonchev–Trinajstić information content (AvgIpc) is 2.56. The summed E-state index contributed by atoms with van der Waals surface area (Å²) >= 11 is 1.66. The van der Waals surface area contributed by atoms with Gasteiger partial charge in [0.15, 0.2) is 5.78 Å². The SMILES string of the molecule is COc1ccc(C(=O)[C@@H](C)Sc2c(C)c(C)cc(C)c2C)cc1. The number of carbonyl (C=O) groups excluding carboxylic acids is 1. The minimum absolute atomic E-state index is 0.123. The monoisotopic (exact) mass is 328 g/mol. The molecular weight excluding hydrogens is 304 g/mol. The number of thioether (sulfide) groups is 1. The van der Waals surface area contributed by atoms with E-state index in [1.807, 2.05) is 31.2 Å². The van der Waals surface area contributed by atoms with E-state index < -0.39 is 0 Å². The van der Waals surface area contributed by atoms with Gasteiger partial charge in [-0.2, -0.15) is 0 Å². The number of carbonyl (C=O) groups is 1. The zero-order chi connectivity index (χ0) is 17.1. The minimum atomic E-state index is -0.123. The van der Waals surface area contributed by atoms with Crippen molar-refractivity contribution < 1.29 is 9.53 Å². The quantitative estimate of drug-likeness (QED) is 0.551. The van der Waals surface area contributed by atoms with Gasteiger partial charge in [0, 0.05) is 10.5 Å². The topological polar surface area (TPSA) is 26.3 Å². The summed E-state index contributed by atoms with van der Waals surface area (Å²) in [6.07, 6.45) is 0. The Morgan fingerprint density at radius 3 is 2.00 bits per heavy atom. The van der Waals surface area contributed by atoms with Gasteiger partial charge in [-0.25, -0.2) is 0 Å². The van der Waals surface area contributed by atoms with Gasteiger partial charge in [-0.05, 0) is 81.1 Å². The van der Waals surface area contributed by atoms with Gasteiger partial charge in [0.05, 0.1) is 12.4 Å². The largest absolute Gasteiger partial charge is 0.497 e. The predicted molar refractivity (Wildman–Crippen MR) is 98.0 cm³/mol. The number of hydrogen-bond acceptors (Lipinski definition) is 3. The van der Waals surface area contributed by atoms with Crippen LogP contribution in [0.4, 0.5) is 0 Å². The molecule has 2 aromatic rings. The van der Waals surface area contributed by atoms with Crippen LogP contribution in [0.2, 0.25) is 0 Å². The maximum absolute atomic E-state index is 12.7. The van der Waals surface area contributed by atoms with Crippen LogP contribution in [0, 0.1) is 27.7 Å². The fourth-order valence-corrected chi connectivity index (χ4v) is 3.85. The summed E-state index contributed by atoms with van der Waals surface area (Å²) in [4.78, 5) is 13.9. The van der Waals surface area contributed by atoms with Gasteiger partial charge < -0.3 is 4.74 Å². The molecule has 0 aliphatic rings. The highest BCUT2D eigenvalue weighted by Gasteiger charge is 2.19. The lowest BCUT2D eigenvalue weighted by molar-refractivity contribution is 0.0994. The lowest BCUT2D eigenvalue weighted by Gasteiger charge is -2.18. The number of hydrogen-bond donors (Lipinski definition) is 0. The Kier molecular flexibility index (Phi) is 5.53. The Bertz CT molecular complexity index is 691. The van der Waals surface area contributed by atoms with Crippen molar-refractivity contribution in [3.8, 4) is 5.75 Å². The molecule has 0 unspecified atom stereocenters. The van der Waals surface area contributed by atoms with Gasteiger partial charge >= 0.3 is 0 Å². The van der Waals surface area contributed by atoms with Crippen molar-refractivity contribution in [2.45, 2.75) is 44.8 Å². The summed E-state index contributed by atoms with van der Waals surface area (Å²) in [6.45, 7) is 10.5. The van der Waals surface area contributed by atoms with Crippen LogP contribution in [0.1, 0.15) is 39.5 Å². The number of ketones is 1. The van der Waals surface area contributed by atoms with Gasteiger partial charge in [-0.3, -0.25) is 4.79 Å². The van der Waals surface area contributed by atoms with E-state index in [-0.39, 0.29) is 11.0 Å².